The van der Waals surface area contributed by atoms with Crippen molar-refractivity contribution in [3.05, 3.63) is 84.9 Å². The summed E-state index contributed by atoms with van der Waals surface area (Å²) in [6, 6.07) is 26.1. The molecule has 1 amide bonds. The van der Waals surface area contributed by atoms with E-state index in [9.17, 15) is 4.79 Å². The Bertz CT molecular complexity index is 878. The van der Waals surface area contributed by atoms with Gasteiger partial charge in [-0.1, -0.05) is 43.3 Å². The number of benzene rings is 3. The van der Waals surface area contributed by atoms with Gasteiger partial charge in [0.1, 0.15) is 5.75 Å². The first-order valence-electron chi connectivity index (χ1n) is 8.84. The number of nitrogens with one attached hydrogen (secondary N) is 1. The lowest BCUT2D eigenvalue weighted by molar-refractivity contribution is -0.122. The summed E-state index contributed by atoms with van der Waals surface area (Å²) in [5, 5.41) is 11.2. The molecule has 0 aliphatic carbocycles. The smallest absolute Gasteiger partial charge is 0.265 e. The van der Waals surface area contributed by atoms with Crippen LogP contribution in [0.2, 0.25) is 0 Å². The Morgan fingerprint density at radius 1 is 0.852 bits per heavy atom. The number of azo groups is 1. The SMILES string of the molecule is CCC(Oc1ccccc1)C(=O)Nc1ccc(N=Nc2ccccc2)cc1. The van der Waals surface area contributed by atoms with Crippen LogP contribution >= 0.6 is 0 Å². The molecule has 136 valence electrons. The van der Waals surface area contributed by atoms with Gasteiger partial charge < -0.3 is 10.1 Å². The largest absolute Gasteiger partial charge is 0.481 e. The monoisotopic (exact) mass is 359 g/mol. The Balaban J connectivity index is 1.59. The summed E-state index contributed by atoms with van der Waals surface area (Å²) in [5.41, 5.74) is 2.19. The highest BCUT2D eigenvalue weighted by molar-refractivity contribution is 5.94. The standard InChI is InChI=1S/C22H21N3O2/c1-2-21(27-20-11-7-4-8-12-20)22(26)23-17-13-15-19(16-14-17)25-24-18-9-5-3-6-10-18/h3-16,21H,2H2,1H3,(H,23,26). The van der Waals surface area contributed by atoms with Gasteiger partial charge in [0.05, 0.1) is 11.4 Å². The van der Waals surface area contributed by atoms with Crippen molar-refractivity contribution in [2.24, 2.45) is 10.2 Å². The molecule has 5 heteroatoms. The van der Waals surface area contributed by atoms with Crippen molar-refractivity contribution < 1.29 is 9.53 Å². The molecule has 0 aromatic heterocycles. The normalized spacial score (nSPS) is 11.9. The minimum Gasteiger partial charge on any atom is -0.481 e. The van der Waals surface area contributed by atoms with Crippen molar-refractivity contribution in [3.8, 4) is 5.75 Å². The van der Waals surface area contributed by atoms with E-state index in [-0.39, 0.29) is 5.91 Å². The molecule has 3 rings (SSSR count). The fraction of sp³-hybridized carbons (Fsp3) is 0.136. The van der Waals surface area contributed by atoms with Gasteiger partial charge in [0.2, 0.25) is 0 Å². The van der Waals surface area contributed by atoms with Gasteiger partial charge in [-0.2, -0.15) is 10.2 Å². The average molecular weight is 359 g/mol. The molecule has 5 nitrogen and oxygen atoms in total. The van der Waals surface area contributed by atoms with Crippen molar-refractivity contribution in [3.63, 3.8) is 0 Å². The van der Waals surface area contributed by atoms with Crippen molar-refractivity contribution in [1.29, 1.82) is 0 Å². The van der Waals surface area contributed by atoms with Crippen LogP contribution in [-0.4, -0.2) is 12.0 Å². The second-order valence-electron chi connectivity index (χ2n) is 5.90. The van der Waals surface area contributed by atoms with E-state index in [2.05, 4.69) is 15.5 Å². The molecule has 1 unspecified atom stereocenters. The van der Waals surface area contributed by atoms with E-state index in [0.717, 1.165) is 5.69 Å². The second kappa shape index (κ2) is 9.29. The van der Waals surface area contributed by atoms with Crippen LogP contribution in [0.5, 0.6) is 5.75 Å². The first-order chi connectivity index (χ1) is 13.2. The van der Waals surface area contributed by atoms with Gasteiger partial charge in [0.25, 0.3) is 5.91 Å². The lowest BCUT2D eigenvalue weighted by atomic mass is 10.2. The van der Waals surface area contributed by atoms with Gasteiger partial charge in [0, 0.05) is 5.69 Å². The summed E-state index contributed by atoms with van der Waals surface area (Å²) in [7, 11) is 0. The Kier molecular flexibility index (Phi) is 6.30. The maximum absolute atomic E-state index is 12.5. The molecule has 0 saturated carbocycles. The zero-order valence-corrected chi connectivity index (χ0v) is 15.1. The number of anilines is 1. The lowest BCUT2D eigenvalue weighted by Crippen LogP contribution is -2.32. The van der Waals surface area contributed by atoms with Gasteiger partial charge >= 0.3 is 0 Å². The summed E-state index contributed by atoms with van der Waals surface area (Å²) < 4.78 is 5.76. The molecule has 3 aromatic carbocycles. The molecule has 0 saturated heterocycles. The van der Waals surface area contributed by atoms with Crippen LogP contribution in [0.1, 0.15) is 13.3 Å². The van der Waals surface area contributed by atoms with Crippen LogP contribution in [0.3, 0.4) is 0 Å². The number of ether oxygens (including phenoxy) is 1. The predicted octanol–water partition coefficient (Wildman–Crippen LogP) is 5.90. The maximum atomic E-state index is 12.5. The van der Waals surface area contributed by atoms with Crippen molar-refractivity contribution >= 4 is 23.0 Å². The Morgan fingerprint density at radius 3 is 2.00 bits per heavy atom. The van der Waals surface area contributed by atoms with E-state index >= 15 is 0 Å². The number of hydrogen-bond acceptors (Lipinski definition) is 4. The van der Waals surface area contributed by atoms with E-state index in [1.165, 1.54) is 0 Å². The Morgan fingerprint density at radius 2 is 1.41 bits per heavy atom. The highest BCUT2D eigenvalue weighted by atomic mass is 16.5. The molecule has 0 heterocycles. The Hall–Kier alpha value is -3.47. The third-order valence-electron chi connectivity index (χ3n) is 3.86. The van der Waals surface area contributed by atoms with Crippen molar-refractivity contribution in [2.45, 2.75) is 19.4 Å². The van der Waals surface area contributed by atoms with Gasteiger partial charge in [-0.25, -0.2) is 0 Å². The summed E-state index contributed by atoms with van der Waals surface area (Å²) in [6.07, 6.45) is 0.0224. The van der Waals surface area contributed by atoms with Crippen molar-refractivity contribution in [2.75, 3.05) is 5.32 Å². The van der Waals surface area contributed by atoms with Gasteiger partial charge in [0.15, 0.2) is 6.10 Å². The summed E-state index contributed by atoms with van der Waals surface area (Å²) in [6.45, 7) is 1.92. The van der Waals surface area contributed by atoms with Gasteiger partial charge in [-0.3, -0.25) is 4.79 Å². The highest BCUT2D eigenvalue weighted by Gasteiger charge is 2.18. The molecule has 1 atom stereocenters. The van der Waals surface area contributed by atoms with E-state index in [0.29, 0.717) is 23.5 Å². The van der Waals surface area contributed by atoms with Gasteiger partial charge in [-0.05, 0) is 55.0 Å². The minimum atomic E-state index is -0.551. The van der Waals surface area contributed by atoms with Crippen LogP contribution in [0.4, 0.5) is 17.1 Å². The number of hydrogen-bond donors (Lipinski definition) is 1. The fourth-order valence-electron chi connectivity index (χ4n) is 2.43. The van der Waals surface area contributed by atoms with Gasteiger partial charge in [-0.15, -0.1) is 0 Å². The first-order valence-corrected chi connectivity index (χ1v) is 8.84. The number of nitrogens with zero attached hydrogens (tertiary/aromatic N) is 2. The topological polar surface area (TPSA) is 63.0 Å². The molecule has 27 heavy (non-hydrogen) atoms. The van der Waals surface area contributed by atoms with Crippen LogP contribution in [0.25, 0.3) is 0 Å². The van der Waals surface area contributed by atoms with E-state index in [1.54, 1.807) is 24.3 Å². The lowest BCUT2D eigenvalue weighted by Gasteiger charge is -2.17. The molecule has 0 aliphatic rings. The summed E-state index contributed by atoms with van der Waals surface area (Å²) in [4.78, 5) is 12.5. The molecule has 0 bridgehead atoms. The zero-order valence-electron chi connectivity index (χ0n) is 15.1. The minimum absolute atomic E-state index is 0.181. The number of amides is 1. The molecular weight excluding hydrogens is 338 g/mol. The summed E-state index contributed by atoms with van der Waals surface area (Å²) in [5.74, 6) is 0.496. The number of carbonyl (C=O) groups excluding carboxylic acids is 1. The predicted molar refractivity (Wildman–Crippen MR) is 107 cm³/mol. The molecule has 0 aliphatic heterocycles. The molecular formula is C22H21N3O2. The molecule has 0 radical (unpaired) electrons. The van der Waals surface area contributed by atoms with Crippen LogP contribution in [0.15, 0.2) is 95.2 Å². The molecule has 0 fully saturated rings. The summed E-state index contributed by atoms with van der Waals surface area (Å²) >= 11 is 0. The van der Waals surface area contributed by atoms with Crippen LogP contribution in [-0.2, 0) is 4.79 Å². The first kappa shape index (κ1) is 18.3. The third-order valence-corrected chi connectivity index (χ3v) is 3.86. The Labute approximate surface area is 158 Å². The molecule has 0 spiro atoms. The van der Waals surface area contributed by atoms with E-state index in [1.807, 2.05) is 67.6 Å². The number of rotatable bonds is 7. The van der Waals surface area contributed by atoms with E-state index < -0.39 is 6.10 Å². The second-order valence-corrected chi connectivity index (χ2v) is 5.90. The zero-order chi connectivity index (χ0) is 18.9. The molecule has 3 aromatic rings. The third kappa shape index (κ3) is 5.51. The highest BCUT2D eigenvalue weighted by Crippen LogP contribution is 2.20. The number of para-hydroxylation sites is 1. The number of carbonyl (C=O) groups is 1. The molecule has 1 N–H and O–H groups in total. The van der Waals surface area contributed by atoms with Crippen LogP contribution in [0, 0.1) is 0 Å². The maximum Gasteiger partial charge on any atom is 0.265 e. The fourth-order valence-corrected chi connectivity index (χ4v) is 2.43. The van der Waals surface area contributed by atoms with E-state index in [4.69, 9.17) is 4.74 Å². The average Bonchev–Trinajstić information content (AvgIpc) is 2.73. The van der Waals surface area contributed by atoms with Crippen molar-refractivity contribution in [1.82, 2.24) is 0 Å². The quantitative estimate of drug-likeness (QED) is 0.534. The van der Waals surface area contributed by atoms with Crippen LogP contribution < -0.4 is 10.1 Å².